The van der Waals surface area contributed by atoms with Gasteiger partial charge in [-0.1, -0.05) is 54.0 Å². The molecule has 4 N–H and O–H groups in total. The van der Waals surface area contributed by atoms with Crippen molar-refractivity contribution in [2.75, 3.05) is 13.1 Å². The fourth-order valence-electron chi connectivity index (χ4n) is 13.0. The van der Waals surface area contributed by atoms with Gasteiger partial charge in [-0.2, -0.15) is 0 Å². The SMILES string of the molecule is CC(C)C1=C2[C@H]3CC[C@@H]4[C@@]5(C)CC[C@H](OC(=O)CC(C)(C)C(=O)O)C(C)(C)[C@@H]5CC[C@@]4(C)[C@]3(C)CC[C@@]2([C@@H](O)CN(C(=O)CN)C(C)C)CC1=O. The van der Waals surface area contributed by atoms with E-state index in [9.17, 15) is 29.4 Å². The Morgan fingerprint density at radius 1 is 0.922 bits per heavy atom. The van der Waals surface area contributed by atoms with E-state index in [1.807, 2.05) is 13.8 Å². The van der Waals surface area contributed by atoms with Crippen molar-refractivity contribution in [1.82, 2.24) is 4.90 Å². The van der Waals surface area contributed by atoms with Crippen molar-refractivity contribution in [2.45, 2.75) is 159 Å². The van der Waals surface area contributed by atoms with Gasteiger partial charge in [0.05, 0.1) is 24.5 Å². The lowest BCUT2D eigenvalue weighted by molar-refractivity contribution is -0.235. The number of ketones is 1. The van der Waals surface area contributed by atoms with E-state index in [0.29, 0.717) is 18.3 Å². The Bertz CT molecular complexity index is 1460. The van der Waals surface area contributed by atoms with Gasteiger partial charge < -0.3 is 25.6 Å². The maximum absolute atomic E-state index is 14.0. The number of nitrogens with two attached hydrogens (primary N) is 1. The minimum absolute atomic E-state index is 0.00357. The Morgan fingerprint density at radius 2 is 1.57 bits per heavy atom. The molecule has 0 spiro atoms. The third-order valence-electron chi connectivity index (χ3n) is 16.0. The molecule has 9 nitrogen and oxygen atoms in total. The first-order valence-electron chi connectivity index (χ1n) is 19.8. The van der Waals surface area contributed by atoms with E-state index >= 15 is 0 Å². The summed E-state index contributed by atoms with van der Waals surface area (Å²) >= 11 is 0. The molecule has 0 bridgehead atoms. The first kappa shape index (κ1) is 39.9. The van der Waals surface area contributed by atoms with Crippen molar-refractivity contribution in [2.24, 2.45) is 61.9 Å². The Morgan fingerprint density at radius 3 is 2.14 bits per heavy atom. The number of Topliss-reactive ketones (excluding diaryl/α,β-unsaturated/α-hetero) is 1. The fourth-order valence-corrected chi connectivity index (χ4v) is 13.0. The quantitative estimate of drug-likeness (QED) is 0.207. The Hall–Kier alpha value is -2.26. The smallest absolute Gasteiger partial charge is 0.309 e. The van der Waals surface area contributed by atoms with E-state index in [0.717, 1.165) is 56.9 Å². The summed E-state index contributed by atoms with van der Waals surface area (Å²) in [5.74, 6) is -0.451. The van der Waals surface area contributed by atoms with E-state index in [1.165, 1.54) is 5.57 Å². The molecule has 1 amide bonds. The lowest BCUT2D eigenvalue weighted by Gasteiger charge is -2.72. The van der Waals surface area contributed by atoms with Crippen LogP contribution >= 0.6 is 0 Å². The molecule has 0 aromatic carbocycles. The summed E-state index contributed by atoms with van der Waals surface area (Å²) in [5.41, 5.74) is 5.74. The van der Waals surface area contributed by atoms with Crippen LogP contribution in [0.4, 0.5) is 0 Å². The molecular formula is C42H68N2O7. The molecule has 4 fully saturated rings. The molecule has 0 radical (unpaired) electrons. The number of hydrogen-bond acceptors (Lipinski definition) is 7. The maximum atomic E-state index is 14.0. The zero-order valence-electron chi connectivity index (χ0n) is 33.5. The van der Waals surface area contributed by atoms with Crippen molar-refractivity contribution in [3.8, 4) is 0 Å². The maximum Gasteiger partial charge on any atom is 0.309 e. The molecule has 51 heavy (non-hydrogen) atoms. The Kier molecular flexibility index (Phi) is 10.4. The second kappa shape index (κ2) is 13.2. The van der Waals surface area contributed by atoms with Gasteiger partial charge in [-0.15, -0.1) is 0 Å². The number of fused-ring (bicyclic) bond motifs is 7. The number of amides is 1. The molecule has 9 heteroatoms. The zero-order chi connectivity index (χ0) is 38.3. The van der Waals surface area contributed by atoms with E-state index in [4.69, 9.17) is 10.5 Å². The number of hydrogen-bond donors (Lipinski definition) is 3. The van der Waals surface area contributed by atoms with Gasteiger partial charge in [0, 0.05) is 29.8 Å². The predicted molar refractivity (Wildman–Crippen MR) is 197 cm³/mol. The van der Waals surface area contributed by atoms with Gasteiger partial charge in [0.15, 0.2) is 5.78 Å². The normalized spacial score (nSPS) is 38.1. The van der Waals surface area contributed by atoms with Crippen molar-refractivity contribution in [1.29, 1.82) is 0 Å². The average Bonchev–Trinajstić information content (AvgIpc) is 3.34. The first-order valence-corrected chi connectivity index (χ1v) is 19.8. The summed E-state index contributed by atoms with van der Waals surface area (Å²) < 4.78 is 6.15. The van der Waals surface area contributed by atoms with Crippen LogP contribution in [-0.2, 0) is 23.9 Å². The number of esters is 1. The highest BCUT2D eigenvalue weighted by atomic mass is 16.5. The molecule has 0 aliphatic heterocycles. The number of aliphatic hydroxyl groups excluding tert-OH is 1. The van der Waals surface area contributed by atoms with E-state index in [2.05, 4.69) is 48.5 Å². The summed E-state index contributed by atoms with van der Waals surface area (Å²) in [6.07, 6.45) is 6.45. The number of ether oxygens (including phenoxy) is 1. The molecule has 288 valence electrons. The molecule has 0 saturated heterocycles. The zero-order valence-corrected chi connectivity index (χ0v) is 33.5. The van der Waals surface area contributed by atoms with E-state index in [-0.39, 0.29) is 76.8 Å². The number of carbonyl (C=O) groups excluding carboxylic acids is 3. The number of aliphatic hydroxyl groups is 1. The highest BCUT2D eigenvalue weighted by Gasteiger charge is 2.71. The molecule has 0 unspecified atom stereocenters. The standard InChI is InChI=1S/C42H68N2O7/c1-24(2)34-27(45)20-42(30(46)23-44(25(3)4)32(47)22-43)19-18-40(10)26(35(34)42)12-13-29-39(9)16-15-31(51-33(48)21-37(5,6)36(49)50)38(7,8)28(39)14-17-41(29,40)11/h24-26,28-31,46H,12-23,43H2,1-11H3,(H,49,50)/t26-,28+,29-,30+,31+,39+,40-,41-,42+/m1/s1. The number of carbonyl (C=O) groups is 4. The summed E-state index contributed by atoms with van der Waals surface area (Å²) in [4.78, 5) is 53.4. The molecule has 0 aromatic heterocycles. The van der Waals surface area contributed by atoms with E-state index < -0.39 is 28.9 Å². The highest BCUT2D eigenvalue weighted by molar-refractivity contribution is 6.00. The lowest BCUT2D eigenvalue weighted by Crippen LogP contribution is -2.66. The van der Waals surface area contributed by atoms with Gasteiger partial charge in [-0.25, -0.2) is 0 Å². The summed E-state index contributed by atoms with van der Waals surface area (Å²) in [6.45, 7) is 23.3. The molecule has 0 heterocycles. The van der Waals surface area contributed by atoms with Gasteiger partial charge in [0.25, 0.3) is 0 Å². The molecule has 4 saturated carbocycles. The monoisotopic (exact) mass is 713 g/mol. The van der Waals surface area contributed by atoms with Crippen molar-refractivity contribution >= 4 is 23.6 Å². The predicted octanol–water partition coefficient (Wildman–Crippen LogP) is 6.94. The van der Waals surface area contributed by atoms with Gasteiger partial charge >= 0.3 is 11.9 Å². The molecule has 9 atom stereocenters. The minimum Gasteiger partial charge on any atom is -0.481 e. The number of nitrogens with zero attached hydrogens (tertiary/aromatic N) is 1. The topological polar surface area (TPSA) is 147 Å². The molecular weight excluding hydrogens is 644 g/mol. The summed E-state index contributed by atoms with van der Waals surface area (Å²) in [6, 6.07) is -0.111. The number of rotatable bonds is 10. The average molecular weight is 713 g/mol. The molecule has 0 aromatic rings. The van der Waals surface area contributed by atoms with Crippen LogP contribution in [0.1, 0.15) is 140 Å². The molecule has 5 rings (SSSR count). The van der Waals surface area contributed by atoms with Crippen molar-refractivity contribution in [3.05, 3.63) is 11.1 Å². The van der Waals surface area contributed by atoms with Crippen LogP contribution in [0, 0.1) is 56.2 Å². The van der Waals surface area contributed by atoms with Crippen LogP contribution in [-0.4, -0.2) is 70.1 Å². The summed E-state index contributed by atoms with van der Waals surface area (Å²) in [7, 11) is 0. The van der Waals surface area contributed by atoms with Crippen molar-refractivity contribution < 1.29 is 34.1 Å². The van der Waals surface area contributed by atoms with E-state index in [1.54, 1.807) is 18.7 Å². The fraction of sp³-hybridized carbons (Fsp3) is 0.857. The van der Waals surface area contributed by atoms with Crippen LogP contribution in [0.3, 0.4) is 0 Å². The van der Waals surface area contributed by atoms with Gasteiger partial charge in [-0.3, -0.25) is 19.2 Å². The molecule has 5 aliphatic carbocycles. The lowest BCUT2D eigenvalue weighted by atomic mass is 9.33. The second-order valence-electron chi connectivity index (χ2n) is 19.9. The van der Waals surface area contributed by atoms with Crippen LogP contribution < -0.4 is 5.73 Å². The number of aliphatic carboxylic acids is 1. The largest absolute Gasteiger partial charge is 0.481 e. The highest BCUT2D eigenvalue weighted by Crippen LogP contribution is 2.77. The van der Waals surface area contributed by atoms with Crippen LogP contribution in [0.2, 0.25) is 0 Å². The number of carboxylic acid groups (broad SMARTS) is 1. The van der Waals surface area contributed by atoms with Gasteiger partial charge in [-0.05, 0) is 125 Å². The van der Waals surface area contributed by atoms with Crippen LogP contribution in [0.15, 0.2) is 11.1 Å². The van der Waals surface area contributed by atoms with Crippen LogP contribution in [0.5, 0.6) is 0 Å². The van der Waals surface area contributed by atoms with Gasteiger partial charge in [0.1, 0.15) is 6.10 Å². The second-order valence-corrected chi connectivity index (χ2v) is 19.9. The third kappa shape index (κ3) is 6.03. The third-order valence-corrected chi connectivity index (χ3v) is 16.0. The van der Waals surface area contributed by atoms with Gasteiger partial charge in [0.2, 0.25) is 5.91 Å². The number of carboxylic acids is 1. The van der Waals surface area contributed by atoms with Crippen molar-refractivity contribution in [3.63, 3.8) is 0 Å². The summed E-state index contributed by atoms with van der Waals surface area (Å²) in [5, 5.41) is 21.8. The first-order chi connectivity index (χ1) is 23.4. The minimum atomic E-state index is -1.18. The molecule has 5 aliphatic rings. The Labute approximate surface area is 306 Å². The number of allylic oxidation sites excluding steroid dienone is 1. The Balaban J connectivity index is 1.47. The van der Waals surface area contributed by atoms with Crippen LogP contribution in [0.25, 0.3) is 0 Å².